The van der Waals surface area contributed by atoms with Gasteiger partial charge in [0.15, 0.2) is 0 Å². The molecule has 0 saturated carbocycles. The topological polar surface area (TPSA) is 68.5 Å². The summed E-state index contributed by atoms with van der Waals surface area (Å²) < 4.78 is 10.9. The number of aryl methyl sites for hydroxylation is 1. The van der Waals surface area contributed by atoms with Crippen LogP contribution in [0.15, 0.2) is 22.0 Å². The summed E-state index contributed by atoms with van der Waals surface area (Å²) in [6.45, 7) is 5.35. The molecule has 0 radical (unpaired) electrons. The van der Waals surface area contributed by atoms with Crippen molar-refractivity contribution in [1.82, 2.24) is 15.0 Å². The second-order valence-electron chi connectivity index (χ2n) is 5.90. The minimum absolute atomic E-state index is 0.104. The van der Waals surface area contributed by atoms with Crippen LogP contribution in [0.5, 0.6) is 0 Å². The fourth-order valence-electron chi connectivity index (χ4n) is 2.79. The molecule has 2 aromatic rings. The van der Waals surface area contributed by atoms with Gasteiger partial charge in [0, 0.05) is 25.9 Å². The zero-order valence-electron chi connectivity index (χ0n) is 13.4. The van der Waals surface area contributed by atoms with E-state index < -0.39 is 0 Å². The molecule has 3 heterocycles. The molecule has 7 heteroatoms. The maximum atomic E-state index is 12.3. The zero-order chi connectivity index (χ0) is 16.2. The van der Waals surface area contributed by atoms with Crippen LogP contribution >= 0.6 is 11.3 Å². The molecular weight excluding hydrogens is 314 g/mol. The van der Waals surface area contributed by atoms with Gasteiger partial charge in [-0.3, -0.25) is 4.79 Å². The molecule has 0 N–H and O–H groups in total. The van der Waals surface area contributed by atoms with Crippen LogP contribution < -0.4 is 0 Å². The Hall–Kier alpha value is -1.73. The summed E-state index contributed by atoms with van der Waals surface area (Å²) >= 11 is 1.58. The number of amides is 1. The average molecular weight is 335 g/mol. The number of aromatic nitrogens is 2. The fourth-order valence-corrected chi connectivity index (χ4v) is 3.44. The first-order valence-electron chi connectivity index (χ1n) is 7.91. The lowest BCUT2D eigenvalue weighted by Gasteiger charge is -2.35. The lowest BCUT2D eigenvalue weighted by molar-refractivity contribution is -0.143. The second kappa shape index (κ2) is 7.23. The van der Waals surface area contributed by atoms with Gasteiger partial charge < -0.3 is 14.2 Å². The van der Waals surface area contributed by atoms with Gasteiger partial charge in [-0.15, -0.1) is 11.3 Å². The van der Waals surface area contributed by atoms with Gasteiger partial charge in [0.1, 0.15) is 0 Å². The molecule has 1 aliphatic rings. The third-order valence-electron chi connectivity index (χ3n) is 3.76. The van der Waals surface area contributed by atoms with E-state index in [2.05, 4.69) is 10.1 Å². The van der Waals surface area contributed by atoms with Crippen LogP contribution in [0, 0.1) is 0 Å². The highest BCUT2D eigenvalue weighted by Crippen LogP contribution is 2.21. The van der Waals surface area contributed by atoms with Crippen LogP contribution in [-0.4, -0.2) is 46.2 Å². The molecule has 1 fully saturated rings. The third-order valence-corrected chi connectivity index (χ3v) is 4.63. The molecule has 124 valence electrons. The number of carbonyl (C=O) groups excluding carboxylic acids is 1. The van der Waals surface area contributed by atoms with E-state index in [1.54, 1.807) is 11.3 Å². The van der Waals surface area contributed by atoms with Crippen molar-refractivity contribution in [1.29, 1.82) is 0 Å². The molecular formula is C16H21N3O3S. The predicted octanol–water partition coefficient (Wildman–Crippen LogP) is 2.76. The summed E-state index contributed by atoms with van der Waals surface area (Å²) in [5.74, 6) is 1.38. The quantitative estimate of drug-likeness (QED) is 0.840. The Bertz CT molecular complexity index is 631. The van der Waals surface area contributed by atoms with Crippen LogP contribution in [-0.2, 0) is 16.0 Å². The average Bonchev–Trinajstić information content (AvgIpc) is 3.17. The lowest BCUT2D eigenvalue weighted by Crippen LogP contribution is -2.48. The van der Waals surface area contributed by atoms with Gasteiger partial charge in [0.2, 0.25) is 17.6 Å². The molecule has 0 aromatic carbocycles. The van der Waals surface area contributed by atoms with Gasteiger partial charge >= 0.3 is 0 Å². The number of ether oxygens (including phenoxy) is 1. The number of carbonyl (C=O) groups is 1. The number of hydrogen-bond acceptors (Lipinski definition) is 6. The summed E-state index contributed by atoms with van der Waals surface area (Å²) in [5, 5.41) is 5.96. The van der Waals surface area contributed by atoms with E-state index >= 15 is 0 Å². The monoisotopic (exact) mass is 335 g/mol. The SMILES string of the molecule is C[C@H]1CN(C(=O)CCCc2nc(-c3cccs3)no2)C[C@H](C)O1. The van der Waals surface area contributed by atoms with Crippen LogP contribution in [0.2, 0.25) is 0 Å². The standard InChI is InChI=1S/C16H21N3O3S/c1-11-9-19(10-12(2)21-11)15(20)7-3-6-14-17-16(18-22-14)13-5-4-8-23-13/h4-5,8,11-12H,3,6-7,9-10H2,1-2H3/t11-,12-/m0/s1. The second-order valence-corrected chi connectivity index (χ2v) is 6.85. The highest BCUT2D eigenvalue weighted by atomic mass is 32.1. The molecule has 0 bridgehead atoms. The van der Waals surface area contributed by atoms with Gasteiger partial charge in [-0.2, -0.15) is 4.98 Å². The van der Waals surface area contributed by atoms with E-state index in [9.17, 15) is 4.79 Å². The number of thiophene rings is 1. The van der Waals surface area contributed by atoms with Crippen LogP contribution in [0.3, 0.4) is 0 Å². The Morgan fingerprint density at radius 1 is 1.39 bits per heavy atom. The van der Waals surface area contributed by atoms with Gasteiger partial charge in [-0.05, 0) is 31.7 Å². The molecule has 1 saturated heterocycles. The maximum absolute atomic E-state index is 12.3. The van der Waals surface area contributed by atoms with Crippen molar-refractivity contribution in [2.24, 2.45) is 0 Å². The van der Waals surface area contributed by atoms with Gasteiger partial charge in [-0.1, -0.05) is 11.2 Å². The molecule has 2 atom stereocenters. The molecule has 1 amide bonds. The Balaban J connectivity index is 1.47. The van der Waals surface area contributed by atoms with E-state index in [0.717, 1.165) is 4.88 Å². The highest BCUT2D eigenvalue weighted by Gasteiger charge is 2.25. The van der Waals surface area contributed by atoms with Crippen LogP contribution in [0.4, 0.5) is 0 Å². The van der Waals surface area contributed by atoms with Crippen LogP contribution in [0.1, 0.15) is 32.6 Å². The third kappa shape index (κ3) is 4.17. The summed E-state index contributed by atoms with van der Waals surface area (Å²) in [6.07, 6.45) is 2.04. The molecule has 0 aliphatic carbocycles. The molecule has 1 aliphatic heterocycles. The first kappa shape index (κ1) is 16.1. The highest BCUT2D eigenvalue weighted by molar-refractivity contribution is 7.13. The molecule has 0 unspecified atom stereocenters. The number of hydrogen-bond donors (Lipinski definition) is 0. The normalized spacial score (nSPS) is 21.6. The van der Waals surface area contributed by atoms with E-state index in [-0.39, 0.29) is 18.1 Å². The Morgan fingerprint density at radius 3 is 2.87 bits per heavy atom. The van der Waals surface area contributed by atoms with Gasteiger partial charge in [-0.25, -0.2) is 0 Å². The molecule has 23 heavy (non-hydrogen) atoms. The summed E-state index contributed by atoms with van der Waals surface area (Å²) in [6, 6.07) is 3.92. The molecule has 2 aromatic heterocycles. The van der Waals surface area contributed by atoms with Crippen molar-refractivity contribution >= 4 is 17.2 Å². The lowest BCUT2D eigenvalue weighted by atomic mass is 10.1. The van der Waals surface area contributed by atoms with Crippen molar-refractivity contribution < 1.29 is 14.1 Å². The minimum Gasteiger partial charge on any atom is -0.372 e. The van der Waals surface area contributed by atoms with Gasteiger partial charge in [0.05, 0.1) is 17.1 Å². The van der Waals surface area contributed by atoms with E-state index in [0.29, 0.717) is 44.1 Å². The molecule has 0 spiro atoms. The number of morpholine rings is 1. The first-order chi connectivity index (χ1) is 11.1. The first-order valence-corrected chi connectivity index (χ1v) is 8.79. The van der Waals surface area contributed by atoms with E-state index in [4.69, 9.17) is 9.26 Å². The van der Waals surface area contributed by atoms with Crippen molar-refractivity contribution in [3.05, 3.63) is 23.4 Å². The van der Waals surface area contributed by atoms with E-state index in [1.807, 2.05) is 36.3 Å². The number of nitrogens with zero attached hydrogens (tertiary/aromatic N) is 3. The van der Waals surface area contributed by atoms with Crippen molar-refractivity contribution in [3.63, 3.8) is 0 Å². The smallest absolute Gasteiger partial charge is 0.226 e. The maximum Gasteiger partial charge on any atom is 0.226 e. The Labute approximate surface area is 139 Å². The fraction of sp³-hybridized carbons (Fsp3) is 0.562. The Kier molecular flexibility index (Phi) is 5.07. The number of rotatable bonds is 5. The Morgan fingerprint density at radius 2 is 2.17 bits per heavy atom. The largest absolute Gasteiger partial charge is 0.372 e. The minimum atomic E-state index is 0.104. The molecule has 3 rings (SSSR count). The summed E-state index contributed by atoms with van der Waals surface area (Å²) in [4.78, 5) is 19.5. The van der Waals surface area contributed by atoms with E-state index in [1.165, 1.54) is 0 Å². The summed E-state index contributed by atoms with van der Waals surface area (Å²) in [5.41, 5.74) is 0. The zero-order valence-corrected chi connectivity index (χ0v) is 14.2. The van der Waals surface area contributed by atoms with Crippen molar-refractivity contribution in [3.8, 4) is 10.7 Å². The van der Waals surface area contributed by atoms with Crippen molar-refractivity contribution in [2.45, 2.75) is 45.3 Å². The predicted molar refractivity (Wildman–Crippen MR) is 87.1 cm³/mol. The molecule has 6 nitrogen and oxygen atoms in total. The van der Waals surface area contributed by atoms with Gasteiger partial charge in [0.25, 0.3) is 0 Å². The summed E-state index contributed by atoms with van der Waals surface area (Å²) in [7, 11) is 0. The van der Waals surface area contributed by atoms with Crippen LogP contribution in [0.25, 0.3) is 10.7 Å². The van der Waals surface area contributed by atoms with Crippen molar-refractivity contribution in [2.75, 3.05) is 13.1 Å².